The fraction of sp³-hybridized carbons (Fsp3) is 0.0455. The Bertz CT molecular complexity index is 1440. The Kier molecular flexibility index (Phi) is 4.76. The Balaban J connectivity index is 1.61. The van der Waals surface area contributed by atoms with Crippen LogP contribution in [0.15, 0.2) is 66.0 Å². The fourth-order valence-corrected chi connectivity index (χ4v) is 3.36. The lowest BCUT2D eigenvalue weighted by molar-refractivity contribution is 0.626. The van der Waals surface area contributed by atoms with Crippen molar-refractivity contribution in [2.24, 2.45) is 4.99 Å². The summed E-state index contributed by atoms with van der Waals surface area (Å²) in [6.45, 7) is 1.92. The van der Waals surface area contributed by atoms with E-state index in [9.17, 15) is 4.39 Å². The third-order valence-corrected chi connectivity index (χ3v) is 4.91. The maximum absolute atomic E-state index is 14.1. The van der Waals surface area contributed by atoms with Crippen LogP contribution in [-0.4, -0.2) is 35.8 Å². The van der Waals surface area contributed by atoms with Crippen LogP contribution in [-0.2, 0) is 0 Å². The lowest BCUT2D eigenvalue weighted by atomic mass is 10.1. The van der Waals surface area contributed by atoms with E-state index in [1.54, 1.807) is 16.6 Å². The second-order valence-electron chi connectivity index (χ2n) is 6.85. The summed E-state index contributed by atoms with van der Waals surface area (Å²) in [6.07, 6.45) is 4.71. The minimum absolute atomic E-state index is 0.308. The summed E-state index contributed by atoms with van der Waals surface area (Å²) in [5.41, 5.74) is 4.79. The maximum atomic E-state index is 14.1. The number of rotatable bonds is 4. The third kappa shape index (κ3) is 3.80. The van der Waals surface area contributed by atoms with Crippen LogP contribution in [0, 0.1) is 12.7 Å². The molecule has 7 nitrogen and oxygen atoms in total. The largest absolute Gasteiger partial charge is 0.320 e. The monoisotopic (exact) mass is 431 g/mol. The van der Waals surface area contributed by atoms with Gasteiger partial charge in [0.2, 0.25) is 5.95 Å². The first-order valence-corrected chi connectivity index (χ1v) is 9.77. The molecule has 0 bridgehead atoms. The lowest BCUT2D eigenvalue weighted by Gasteiger charge is -2.03. The smallest absolute Gasteiger partial charge is 0.227 e. The highest BCUT2D eigenvalue weighted by Gasteiger charge is 2.16. The number of hydrogen-bond acceptors (Lipinski definition) is 5. The first-order valence-electron chi connectivity index (χ1n) is 9.40. The summed E-state index contributed by atoms with van der Waals surface area (Å²) in [6, 6.07) is 13.9. The fourth-order valence-electron chi connectivity index (χ4n) is 3.20. The number of pyridine rings is 2. The van der Waals surface area contributed by atoms with Crippen molar-refractivity contribution in [3.8, 4) is 22.6 Å². The van der Waals surface area contributed by atoms with E-state index in [4.69, 9.17) is 11.6 Å². The predicted molar refractivity (Wildman–Crippen MR) is 117 cm³/mol. The van der Waals surface area contributed by atoms with E-state index in [0.717, 1.165) is 17.0 Å². The van der Waals surface area contributed by atoms with Gasteiger partial charge < -0.3 is 4.98 Å². The molecule has 0 unspecified atom stereocenters. The van der Waals surface area contributed by atoms with E-state index in [-0.39, 0.29) is 0 Å². The molecular weight excluding hydrogens is 417 g/mol. The molecule has 0 aliphatic carbocycles. The molecule has 0 radical (unpaired) electrons. The Morgan fingerprint density at radius 2 is 2.03 bits per heavy atom. The molecule has 0 atom stereocenters. The Morgan fingerprint density at radius 1 is 1.13 bits per heavy atom. The van der Waals surface area contributed by atoms with Gasteiger partial charge in [-0.25, -0.2) is 23.9 Å². The van der Waals surface area contributed by atoms with Gasteiger partial charge in [0.25, 0.3) is 0 Å². The second kappa shape index (κ2) is 7.73. The number of nitrogens with zero attached hydrogens (tertiary/aromatic N) is 6. The van der Waals surface area contributed by atoms with Gasteiger partial charge in [-0.1, -0.05) is 17.7 Å². The van der Waals surface area contributed by atoms with Crippen LogP contribution < -0.4 is 0 Å². The Hall–Kier alpha value is -3.91. The Labute approximate surface area is 181 Å². The van der Waals surface area contributed by atoms with E-state index >= 15 is 0 Å². The maximum Gasteiger partial charge on any atom is 0.227 e. The number of benzene rings is 1. The van der Waals surface area contributed by atoms with Crippen LogP contribution in [0.3, 0.4) is 0 Å². The minimum Gasteiger partial charge on any atom is -0.320 e. The molecule has 1 aromatic carbocycles. The van der Waals surface area contributed by atoms with Crippen molar-refractivity contribution >= 4 is 29.4 Å². The van der Waals surface area contributed by atoms with Gasteiger partial charge >= 0.3 is 0 Å². The summed E-state index contributed by atoms with van der Waals surface area (Å²) in [7, 11) is 0. The predicted octanol–water partition coefficient (Wildman–Crippen LogP) is 5.03. The average molecular weight is 432 g/mol. The topological polar surface area (TPSA) is 84.1 Å². The number of aromatic amines is 1. The van der Waals surface area contributed by atoms with E-state index < -0.39 is 5.82 Å². The van der Waals surface area contributed by atoms with Crippen molar-refractivity contribution in [3.05, 3.63) is 83.2 Å². The summed E-state index contributed by atoms with van der Waals surface area (Å²) in [5.74, 6) is -0.134. The van der Waals surface area contributed by atoms with Crippen molar-refractivity contribution < 1.29 is 4.39 Å². The molecule has 0 fully saturated rings. The molecule has 4 aromatic heterocycles. The number of aromatic nitrogens is 6. The van der Waals surface area contributed by atoms with Crippen LogP contribution in [0.1, 0.15) is 11.3 Å². The number of aliphatic imine (C=N–C) groups is 1. The average Bonchev–Trinajstić information content (AvgIpc) is 3.39. The molecule has 5 aromatic rings. The zero-order valence-corrected chi connectivity index (χ0v) is 17.0. The molecule has 0 aliphatic rings. The van der Waals surface area contributed by atoms with Crippen molar-refractivity contribution in [2.75, 3.05) is 0 Å². The van der Waals surface area contributed by atoms with E-state index in [2.05, 4.69) is 30.0 Å². The SMILES string of the molecule is Cc1cccc(-c2[nH]c(/N=C/c3ccc(Cl)cc3F)nc2-c2ccn3ncnc3c2)n1. The van der Waals surface area contributed by atoms with E-state index in [1.807, 2.05) is 43.5 Å². The number of nitrogens with one attached hydrogen (secondary N) is 1. The zero-order chi connectivity index (χ0) is 21.4. The summed E-state index contributed by atoms with van der Waals surface area (Å²) >= 11 is 5.82. The van der Waals surface area contributed by atoms with Gasteiger partial charge in [-0.3, -0.25) is 4.98 Å². The number of imidazole rings is 1. The Morgan fingerprint density at radius 3 is 2.87 bits per heavy atom. The van der Waals surface area contributed by atoms with Gasteiger partial charge in [0, 0.05) is 34.3 Å². The number of aryl methyl sites for hydroxylation is 1. The summed E-state index contributed by atoms with van der Waals surface area (Å²) < 4.78 is 15.8. The van der Waals surface area contributed by atoms with Gasteiger partial charge in [0.1, 0.15) is 17.8 Å². The molecule has 0 saturated carbocycles. The highest BCUT2D eigenvalue weighted by molar-refractivity contribution is 6.30. The van der Waals surface area contributed by atoms with E-state index in [0.29, 0.717) is 33.6 Å². The van der Waals surface area contributed by atoms with Crippen molar-refractivity contribution in [3.63, 3.8) is 0 Å². The molecule has 5 rings (SSSR count). The molecule has 31 heavy (non-hydrogen) atoms. The highest BCUT2D eigenvalue weighted by atomic mass is 35.5. The first-order chi connectivity index (χ1) is 15.1. The lowest BCUT2D eigenvalue weighted by Crippen LogP contribution is -1.91. The minimum atomic E-state index is -0.458. The van der Waals surface area contributed by atoms with Crippen LogP contribution in [0.2, 0.25) is 5.02 Å². The quantitative estimate of drug-likeness (QED) is 0.404. The zero-order valence-electron chi connectivity index (χ0n) is 16.3. The number of halogens is 2. The molecule has 4 heterocycles. The third-order valence-electron chi connectivity index (χ3n) is 4.68. The van der Waals surface area contributed by atoms with Crippen LogP contribution in [0.5, 0.6) is 0 Å². The molecule has 9 heteroatoms. The molecule has 0 saturated heterocycles. The first kappa shape index (κ1) is 19.1. The van der Waals surface area contributed by atoms with Gasteiger partial charge in [-0.05, 0) is 49.4 Å². The standard InChI is InChI=1S/C22H15ClFN7/c1-13-3-2-4-18(28-13)21-20(14-7-8-31-19(9-14)26-12-27-31)29-22(30-21)25-11-15-5-6-16(23)10-17(15)24/h2-12H,1H3,(H,29,30)/b25-11+. The van der Waals surface area contributed by atoms with Gasteiger partial charge in [0.05, 0.1) is 11.4 Å². The van der Waals surface area contributed by atoms with Crippen LogP contribution >= 0.6 is 11.6 Å². The van der Waals surface area contributed by atoms with Crippen LogP contribution in [0.4, 0.5) is 10.3 Å². The number of H-pyrrole nitrogens is 1. The molecular formula is C22H15ClFN7. The molecule has 0 spiro atoms. The van der Waals surface area contributed by atoms with Crippen molar-refractivity contribution in [2.45, 2.75) is 6.92 Å². The second-order valence-corrected chi connectivity index (χ2v) is 7.29. The van der Waals surface area contributed by atoms with Crippen LogP contribution in [0.25, 0.3) is 28.3 Å². The molecule has 0 amide bonds. The van der Waals surface area contributed by atoms with Crippen molar-refractivity contribution in [1.82, 2.24) is 29.5 Å². The summed E-state index contributed by atoms with van der Waals surface area (Å²) in [5, 5.41) is 4.45. The van der Waals surface area contributed by atoms with E-state index in [1.165, 1.54) is 18.6 Å². The van der Waals surface area contributed by atoms with Gasteiger partial charge in [-0.2, -0.15) is 5.10 Å². The van der Waals surface area contributed by atoms with Gasteiger partial charge in [-0.15, -0.1) is 0 Å². The molecule has 1 N–H and O–H groups in total. The molecule has 152 valence electrons. The van der Waals surface area contributed by atoms with Crippen molar-refractivity contribution in [1.29, 1.82) is 0 Å². The highest BCUT2D eigenvalue weighted by Crippen LogP contribution is 2.32. The number of hydrogen-bond donors (Lipinski definition) is 1. The number of fused-ring (bicyclic) bond motifs is 1. The normalized spacial score (nSPS) is 11.6. The van der Waals surface area contributed by atoms with Gasteiger partial charge in [0.15, 0.2) is 5.65 Å². The molecule has 0 aliphatic heterocycles. The summed E-state index contributed by atoms with van der Waals surface area (Å²) in [4.78, 5) is 21.0.